The third-order valence-corrected chi connectivity index (χ3v) is 7.17. The number of nitrogens with zero attached hydrogens (tertiary/aromatic N) is 4. The van der Waals surface area contributed by atoms with E-state index in [1.54, 1.807) is 11.8 Å². The third kappa shape index (κ3) is 3.84. The summed E-state index contributed by atoms with van der Waals surface area (Å²) >= 11 is 1.62. The van der Waals surface area contributed by atoms with E-state index >= 15 is 0 Å². The molecule has 4 rings (SSSR count). The standard InChI is InChI=1S/C22H30N4OS/c1-25-20(23-24-22(25)28-2)18-13-8-14-26(15-18)21(27)19(17-11-6-7-12-17)16-9-4-3-5-10-16/h3-5,9-10,17-19H,6-8,11-15H2,1-2H3/t18-,19+/m0/s1. The van der Waals surface area contributed by atoms with Crippen LogP contribution in [0.1, 0.15) is 61.7 Å². The van der Waals surface area contributed by atoms with Crippen molar-refractivity contribution in [3.8, 4) is 0 Å². The van der Waals surface area contributed by atoms with E-state index in [1.165, 1.54) is 31.2 Å². The van der Waals surface area contributed by atoms with Gasteiger partial charge in [-0.15, -0.1) is 10.2 Å². The number of benzene rings is 1. The molecule has 1 aromatic heterocycles. The van der Waals surface area contributed by atoms with Gasteiger partial charge in [0.15, 0.2) is 5.16 Å². The van der Waals surface area contributed by atoms with E-state index in [0.29, 0.717) is 11.8 Å². The molecule has 1 aliphatic heterocycles. The molecule has 2 atom stereocenters. The molecule has 1 aliphatic carbocycles. The fraction of sp³-hybridized carbons (Fsp3) is 0.591. The van der Waals surface area contributed by atoms with Crippen molar-refractivity contribution in [2.75, 3.05) is 19.3 Å². The van der Waals surface area contributed by atoms with Gasteiger partial charge in [0, 0.05) is 26.1 Å². The van der Waals surface area contributed by atoms with Crippen LogP contribution in [0, 0.1) is 5.92 Å². The zero-order valence-corrected chi connectivity index (χ0v) is 17.7. The highest BCUT2D eigenvalue weighted by Crippen LogP contribution is 2.39. The fourth-order valence-electron chi connectivity index (χ4n) is 5.01. The monoisotopic (exact) mass is 398 g/mol. The van der Waals surface area contributed by atoms with Crippen LogP contribution in [-0.4, -0.2) is 44.9 Å². The molecule has 2 aromatic rings. The van der Waals surface area contributed by atoms with Crippen molar-refractivity contribution in [3.63, 3.8) is 0 Å². The number of hydrogen-bond donors (Lipinski definition) is 0. The largest absolute Gasteiger partial charge is 0.341 e. The Kier molecular flexibility index (Phi) is 6.04. The van der Waals surface area contributed by atoms with Gasteiger partial charge >= 0.3 is 0 Å². The zero-order valence-electron chi connectivity index (χ0n) is 16.9. The van der Waals surface area contributed by atoms with E-state index in [2.05, 4.69) is 43.9 Å². The molecular formula is C22H30N4OS. The van der Waals surface area contributed by atoms with Gasteiger partial charge in [-0.3, -0.25) is 4.79 Å². The first-order chi connectivity index (χ1) is 13.7. The van der Waals surface area contributed by atoms with E-state index in [9.17, 15) is 4.79 Å². The van der Waals surface area contributed by atoms with Crippen molar-refractivity contribution in [1.82, 2.24) is 19.7 Å². The Balaban J connectivity index is 1.55. The van der Waals surface area contributed by atoms with Crippen LogP contribution in [0.4, 0.5) is 0 Å². The van der Waals surface area contributed by atoms with Gasteiger partial charge in [0.05, 0.1) is 5.92 Å². The summed E-state index contributed by atoms with van der Waals surface area (Å²) in [7, 11) is 2.03. The topological polar surface area (TPSA) is 51.0 Å². The first kappa shape index (κ1) is 19.5. The summed E-state index contributed by atoms with van der Waals surface area (Å²) in [4.78, 5) is 15.8. The molecule has 28 heavy (non-hydrogen) atoms. The summed E-state index contributed by atoms with van der Waals surface area (Å²) in [6, 6.07) is 10.4. The van der Waals surface area contributed by atoms with Crippen LogP contribution in [0.15, 0.2) is 35.5 Å². The summed E-state index contributed by atoms with van der Waals surface area (Å²) in [6.07, 6.45) is 8.97. The maximum atomic E-state index is 13.7. The Bertz CT molecular complexity index is 800. The van der Waals surface area contributed by atoms with Gasteiger partial charge in [-0.1, -0.05) is 54.9 Å². The van der Waals surface area contributed by atoms with Crippen molar-refractivity contribution in [2.24, 2.45) is 13.0 Å². The van der Waals surface area contributed by atoms with Crippen LogP contribution in [0.2, 0.25) is 0 Å². The molecular weight excluding hydrogens is 368 g/mol. The quantitative estimate of drug-likeness (QED) is 0.708. The Morgan fingerprint density at radius 1 is 1.11 bits per heavy atom. The van der Waals surface area contributed by atoms with Crippen molar-refractivity contribution in [3.05, 3.63) is 41.7 Å². The number of carbonyl (C=O) groups excluding carboxylic acids is 1. The molecule has 2 heterocycles. The summed E-state index contributed by atoms with van der Waals surface area (Å²) in [6.45, 7) is 1.62. The molecule has 5 nitrogen and oxygen atoms in total. The molecule has 1 aromatic carbocycles. The molecule has 1 saturated carbocycles. The number of piperidine rings is 1. The molecule has 0 N–H and O–H groups in total. The van der Waals surface area contributed by atoms with Gasteiger partial charge in [-0.2, -0.15) is 0 Å². The van der Waals surface area contributed by atoms with Crippen LogP contribution < -0.4 is 0 Å². The number of hydrogen-bond acceptors (Lipinski definition) is 4. The lowest BCUT2D eigenvalue weighted by molar-refractivity contribution is -0.135. The minimum atomic E-state index is 0.00343. The SMILES string of the molecule is CSc1nnc([C@H]2CCCN(C(=O)[C@H](c3ccccc3)C3CCCC3)C2)n1C. The minimum Gasteiger partial charge on any atom is -0.341 e. The number of amides is 1. The highest BCUT2D eigenvalue weighted by molar-refractivity contribution is 7.98. The Hall–Kier alpha value is -1.82. The van der Waals surface area contributed by atoms with Crippen molar-refractivity contribution >= 4 is 17.7 Å². The first-order valence-electron chi connectivity index (χ1n) is 10.5. The average Bonchev–Trinajstić information content (AvgIpc) is 3.39. The summed E-state index contributed by atoms with van der Waals surface area (Å²) in [5.41, 5.74) is 1.19. The Morgan fingerprint density at radius 3 is 2.54 bits per heavy atom. The van der Waals surface area contributed by atoms with Gasteiger partial charge in [0.25, 0.3) is 0 Å². The second-order valence-electron chi connectivity index (χ2n) is 8.16. The van der Waals surface area contributed by atoms with E-state index in [4.69, 9.17) is 0 Å². The highest BCUT2D eigenvalue weighted by Gasteiger charge is 2.37. The molecule has 0 radical (unpaired) electrons. The minimum absolute atomic E-state index is 0.00343. The van der Waals surface area contributed by atoms with Gasteiger partial charge in [-0.05, 0) is 43.4 Å². The first-order valence-corrected chi connectivity index (χ1v) is 11.7. The second-order valence-corrected chi connectivity index (χ2v) is 8.93. The van der Waals surface area contributed by atoms with Crippen LogP contribution in [-0.2, 0) is 11.8 Å². The number of carbonyl (C=O) groups is 1. The second kappa shape index (κ2) is 8.68. The van der Waals surface area contributed by atoms with E-state index in [1.807, 2.05) is 19.4 Å². The average molecular weight is 399 g/mol. The Morgan fingerprint density at radius 2 is 1.86 bits per heavy atom. The van der Waals surface area contributed by atoms with Crippen molar-refractivity contribution in [2.45, 2.75) is 55.5 Å². The molecule has 2 aliphatic rings. The van der Waals surface area contributed by atoms with Gasteiger partial charge in [0.2, 0.25) is 5.91 Å². The Labute approximate surface area is 171 Å². The highest BCUT2D eigenvalue weighted by atomic mass is 32.2. The number of aromatic nitrogens is 3. The molecule has 6 heteroatoms. The van der Waals surface area contributed by atoms with Gasteiger partial charge in [0.1, 0.15) is 5.82 Å². The van der Waals surface area contributed by atoms with Crippen molar-refractivity contribution < 1.29 is 4.79 Å². The maximum absolute atomic E-state index is 13.7. The van der Waals surface area contributed by atoms with Gasteiger partial charge < -0.3 is 9.47 Å². The maximum Gasteiger partial charge on any atom is 0.230 e. The lowest BCUT2D eigenvalue weighted by atomic mass is 9.83. The lowest BCUT2D eigenvalue weighted by Gasteiger charge is -2.36. The predicted molar refractivity (Wildman–Crippen MR) is 112 cm³/mol. The summed E-state index contributed by atoms with van der Waals surface area (Å²) < 4.78 is 2.09. The van der Waals surface area contributed by atoms with Crippen LogP contribution in [0.25, 0.3) is 0 Å². The van der Waals surface area contributed by atoms with Crippen LogP contribution in [0.3, 0.4) is 0 Å². The zero-order chi connectivity index (χ0) is 19.5. The predicted octanol–water partition coefficient (Wildman–Crippen LogP) is 4.22. The molecule has 0 bridgehead atoms. The summed E-state index contributed by atoms with van der Waals surface area (Å²) in [5, 5.41) is 9.67. The molecule has 1 amide bonds. The fourth-order valence-corrected chi connectivity index (χ4v) is 5.50. The lowest BCUT2D eigenvalue weighted by Crippen LogP contribution is -2.43. The van der Waals surface area contributed by atoms with E-state index in [0.717, 1.165) is 36.9 Å². The van der Waals surface area contributed by atoms with Crippen LogP contribution >= 0.6 is 11.8 Å². The normalized spacial score (nSPS) is 21.8. The summed E-state index contributed by atoms with van der Waals surface area (Å²) in [5.74, 6) is 2.09. The molecule has 2 fully saturated rings. The van der Waals surface area contributed by atoms with Crippen LogP contribution in [0.5, 0.6) is 0 Å². The molecule has 1 saturated heterocycles. The van der Waals surface area contributed by atoms with Gasteiger partial charge in [-0.25, -0.2) is 0 Å². The molecule has 150 valence electrons. The molecule has 0 unspecified atom stereocenters. The smallest absolute Gasteiger partial charge is 0.230 e. The number of thioether (sulfide) groups is 1. The molecule has 0 spiro atoms. The third-order valence-electron chi connectivity index (χ3n) is 6.45. The number of rotatable bonds is 5. The van der Waals surface area contributed by atoms with E-state index < -0.39 is 0 Å². The number of likely N-dealkylation sites (tertiary alicyclic amines) is 1. The van der Waals surface area contributed by atoms with Crippen molar-refractivity contribution in [1.29, 1.82) is 0 Å². The van der Waals surface area contributed by atoms with E-state index in [-0.39, 0.29) is 11.8 Å².